The molecule has 3 fully saturated rings. The zero-order valence-electron chi connectivity index (χ0n) is 17.4. The standard InChI is InChI=1S/C22H30N8/c1-14-10-21(29-28-14)26-20-13-19-18(4-2-8-24-19)22(27-20)25-15-11-16-5-6-17(12-15)30(16)9-3-7-23/h2,4,8,13-17,21,28-29H,3,5-6,9-12H2,1H3,(H2,25,26,27)/t14?,15?,16-,17+,21?. The number of nitrogens with zero attached hydrogens (tertiary/aromatic N) is 4. The summed E-state index contributed by atoms with van der Waals surface area (Å²) in [7, 11) is 0. The molecule has 2 aromatic rings. The fraction of sp³-hybridized carbons (Fsp3) is 0.591. The van der Waals surface area contributed by atoms with Gasteiger partial charge in [-0.15, -0.1) is 0 Å². The van der Waals surface area contributed by atoms with Gasteiger partial charge in [0.1, 0.15) is 11.6 Å². The molecule has 0 aromatic carbocycles. The van der Waals surface area contributed by atoms with Crippen LogP contribution in [0.2, 0.25) is 0 Å². The predicted molar refractivity (Wildman–Crippen MR) is 118 cm³/mol. The van der Waals surface area contributed by atoms with Gasteiger partial charge in [-0.2, -0.15) is 5.26 Å². The molecule has 0 radical (unpaired) electrons. The average molecular weight is 407 g/mol. The fourth-order valence-electron chi connectivity index (χ4n) is 5.38. The highest BCUT2D eigenvalue weighted by Gasteiger charge is 2.40. The molecule has 158 valence electrons. The van der Waals surface area contributed by atoms with Gasteiger partial charge in [0, 0.05) is 54.8 Å². The third-order valence-electron chi connectivity index (χ3n) is 6.72. The first-order valence-corrected chi connectivity index (χ1v) is 11.1. The van der Waals surface area contributed by atoms with Crippen LogP contribution in [0.3, 0.4) is 0 Å². The van der Waals surface area contributed by atoms with Crippen LogP contribution >= 0.6 is 0 Å². The number of hydrogen-bond donors (Lipinski definition) is 4. The first-order chi connectivity index (χ1) is 14.7. The van der Waals surface area contributed by atoms with E-state index in [2.05, 4.69) is 50.4 Å². The quantitative estimate of drug-likeness (QED) is 0.581. The number of fused-ring (bicyclic) bond motifs is 3. The molecule has 0 aliphatic carbocycles. The van der Waals surface area contributed by atoms with Crippen molar-refractivity contribution in [3.8, 4) is 6.07 Å². The molecule has 0 spiro atoms. The van der Waals surface area contributed by atoms with Crippen molar-refractivity contribution in [1.29, 1.82) is 5.26 Å². The van der Waals surface area contributed by atoms with E-state index in [0.717, 1.165) is 48.3 Å². The van der Waals surface area contributed by atoms with Gasteiger partial charge in [0.15, 0.2) is 0 Å². The molecule has 3 unspecified atom stereocenters. The van der Waals surface area contributed by atoms with Crippen LogP contribution in [0.5, 0.6) is 0 Å². The molecule has 2 aromatic heterocycles. The number of anilines is 2. The Morgan fingerprint density at radius 3 is 2.77 bits per heavy atom. The summed E-state index contributed by atoms with van der Waals surface area (Å²) < 4.78 is 0. The summed E-state index contributed by atoms with van der Waals surface area (Å²) in [6.07, 6.45) is 8.30. The highest BCUT2D eigenvalue weighted by atomic mass is 15.5. The number of rotatable bonds is 6. The van der Waals surface area contributed by atoms with E-state index in [1.807, 2.05) is 18.3 Å². The molecule has 0 amide bonds. The van der Waals surface area contributed by atoms with Crippen LogP contribution in [0.4, 0.5) is 11.6 Å². The highest BCUT2D eigenvalue weighted by Crippen LogP contribution is 2.37. The monoisotopic (exact) mass is 406 g/mol. The number of piperidine rings is 1. The van der Waals surface area contributed by atoms with E-state index in [0.29, 0.717) is 30.6 Å². The van der Waals surface area contributed by atoms with E-state index in [9.17, 15) is 0 Å². The topological polar surface area (TPSA) is 101 Å². The molecular weight excluding hydrogens is 376 g/mol. The average Bonchev–Trinajstić information content (AvgIpc) is 3.25. The molecule has 8 heteroatoms. The number of nitrogens with one attached hydrogen (secondary N) is 4. The lowest BCUT2D eigenvalue weighted by atomic mass is 9.97. The van der Waals surface area contributed by atoms with E-state index in [4.69, 9.17) is 10.2 Å². The second-order valence-electron chi connectivity index (χ2n) is 8.89. The summed E-state index contributed by atoms with van der Waals surface area (Å²) in [5, 5.41) is 17.3. The molecule has 5 heterocycles. The van der Waals surface area contributed by atoms with Crippen LogP contribution in [0.15, 0.2) is 24.4 Å². The van der Waals surface area contributed by atoms with Crippen LogP contribution in [0, 0.1) is 11.3 Å². The number of nitriles is 1. The van der Waals surface area contributed by atoms with Crippen molar-refractivity contribution in [2.45, 2.75) is 75.8 Å². The van der Waals surface area contributed by atoms with Crippen LogP contribution in [-0.2, 0) is 0 Å². The summed E-state index contributed by atoms with van der Waals surface area (Å²) in [6.45, 7) is 3.07. The van der Waals surface area contributed by atoms with Crippen molar-refractivity contribution >= 4 is 22.5 Å². The molecule has 3 aliphatic rings. The van der Waals surface area contributed by atoms with Gasteiger partial charge < -0.3 is 10.6 Å². The highest BCUT2D eigenvalue weighted by molar-refractivity contribution is 5.91. The fourth-order valence-corrected chi connectivity index (χ4v) is 5.38. The Bertz CT molecular complexity index is 926. The van der Waals surface area contributed by atoms with E-state index in [1.54, 1.807) is 0 Å². The van der Waals surface area contributed by atoms with Crippen molar-refractivity contribution in [2.75, 3.05) is 17.2 Å². The third-order valence-corrected chi connectivity index (χ3v) is 6.72. The number of hydrazine groups is 1. The van der Waals surface area contributed by atoms with Gasteiger partial charge in [0.2, 0.25) is 0 Å². The molecule has 0 saturated carbocycles. The minimum absolute atomic E-state index is 0.153. The van der Waals surface area contributed by atoms with E-state index in [1.165, 1.54) is 12.8 Å². The Morgan fingerprint density at radius 2 is 2.03 bits per heavy atom. The molecular formula is C22H30N8. The Hall–Kier alpha value is -2.47. The van der Waals surface area contributed by atoms with Crippen LogP contribution in [0.25, 0.3) is 10.9 Å². The minimum atomic E-state index is 0.153. The zero-order valence-corrected chi connectivity index (χ0v) is 17.4. The Kier molecular flexibility index (Phi) is 5.42. The Morgan fingerprint density at radius 1 is 1.20 bits per heavy atom. The predicted octanol–water partition coefficient (Wildman–Crippen LogP) is 2.58. The van der Waals surface area contributed by atoms with Crippen LogP contribution in [0.1, 0.15) is 45.4 Å². The molecule has 30 heavy (non-hydrogen) atoms. The maximum Gasteiger partial charge on any atom is 0.138 e. The van der Waals surface area contributed by atoms with E-state index in [-0.39, 0.29) is 6.17 Å². The third kappa shape index (κ3) is 3.93. The first kappa shape index (κ1) is 19.5. The Labute approximate surface area is 177 Å². The second-order valence-corrected chi connectivity index (χ2v) is 8.89. The normalized spacial score (nSPS) is 31.0. The minimum Gasteiger partial charge on any atom is -0.367 e. The molecule has 4 N–H and O–H groups in total. The van der Waals surface area contributed by atoms with Gasteiger partial charge in [-0.3, -0.25) is 15.3 Å². The van der Waals surface area contributed by atoms with Gasteiger partial charge in [0.05, 0.1) is 17.8 Å². The van der Waals surface area contributed by atoms with Crippen molar-refractivity contribution in [3.63, 3.8) is 0 Å². The van der Waals surface area contributed by atoms with E-state index < -0.39 is 0 Å². The largest absolute Gasteiger partial charge is 0.367 e. The number of hydrogen-bond acceptors (Lipinski definition) is 8. The SMILES string of the molecule is CC1CC(Nc2cc3ncccc3c(NC3C[C@H]4CC[C@@H](C3)N4CCC#N)n2)NN1. The summed E-state index contributed by atoms with van der Waals surface area (Å²) in [5.41, 5.74) is 7.47. The summed E-state index contributed by atoms with van der Waals surface area (Å²) in [6, 6.07) is 10.4. The Balaban J connectivity index is 1.34. The van der Waals surface area contributed by atoms with Crippen LogP contribution in [-0.4, -0.2) is 51.7 Å². The lowest BCUT2D eigenvalue weighted by Crippen LogP contribution is -2.47. The lowest BCUT2D eigenvalue weighted by Gasteiger charge is -2.39. The van der Waals surface area contributed by atoms with Gasteiger partial charge in [0.25, 0.3) is 0 Å². The summed E-state index contributed by atoms with van der Waals surface area (Å²) in [4.78, 5) is 12.1. The summed E-state index contributed by atoms with van der Waals surface area (Å²) >= 11 is 0. The first-order valence-electron chi connectivity index (χ1n) is 11.1. The van der Waals surface area contributed by atoms with Crippen LogP contribution < -0.4 is 21.5 Å². The van der Waals surface area contributed by atoms with E-state index >= 15 is 0 Å². The van der Waals surface area contributed by atoms with Crippen molar-refractivity contribution in [3.05, 3.63) is 24.4 Å². The van der Waals surface area contributed by atoms with Crippen molar-refractivity contribution in [1.82, 2.24) is 25.7 Å². The van der Waals surface area contributed by atoms with Crippen molar-refractivity contribution in [2.24, 2.45) is 0 Å². The molecule has 5 atom stereocenters. The van der Waals surface area contributed by atoms with Gasteiger partial charge in [-0.1, -0.05) is 0 Å². The molecule has 3 aliphatic heterocycles. The molecule has 5 rings (SSSR count). The van der Waals surface area contributed by atoms with Crippen molar-refractivity contribution < 1.29 is 0 Å². The molecule has 3 saturated heterocycles. The zero-order chi connectivity index (χ0) is 20.5. The van der Waals surface area contributed by atoms with Gasteiger partial charge >= 0.3 is 0 Å². The maximum absolute atomic E-state index is 8.96. The number of pyridine rings is 2. The molecule has 8 nitrogen and oxygen atoms in total. The summed E-state index contributed by atoms with van der Waals surface area (Å²) in [5.74, 6) is 1.75. The smallest absolute Gasteiger partial charge is 0.138 e. The van der Waals surface area contributed by atoms with Gasteiger partial charge in [-0.25, -0.2) is 10.4 Å². The maximum atomic E-state index is 8.96. The second kappa shape index (κ2) is 8.34. The lowest BCUT2D eigenvalue weighted by molar-refractivity contribution is 0.136. The molecule has 2 bridgehead atoms. The number of aromatic nitrogens is 2. The van der Waals surface area contributed by atoms with Gasteiger partial charge in [-0.05, 0) is 51.2 Å².